The lowest BCUT2D eigenvalue weighted by Crippen LogP contribution is -2.51. The number of fused-ring (bicyclic) bond motifs is 1. The average Bonchev–Trinajstić information content (AvgIpc) is 3.23. The molecule has 1 aromatic carbocycles. The highest BCUT2D eigenvalue weighted by Crippen LogP contribution is 2.29. The zero-order valence-electron chi connectivity index (χ0n) is 19.2. The van der Waals surface area contributed by atoms with E-state index in [9.17, 15) is 9.59 Å². The summed E-state index contributed by atoms with van der Waals surface area (Å²) < 4.78 is 1.12. The molecule has 9 heteroatoms. The van der Waals surface area contributed by atoms with Gasteiger partial charge in [-0.25, -0.2) is 9.97 Å². The first-order valence-corrected chi connectivity index (χ1v) is 12.1. The van der Waals surface area contributed by atoms with Crippen LogP contribution in [0.25, 0.3) is 10.2 Å². The number of piperidine rings is 1. The molecular formula is C24H30N6O2S. The van der Waals surface area contributed by atoms with Gasteiger partial charge in [0, 0.05) is 19.6 Å². The summed E-state index contributed by atoms with van der Waals surface area (Å²) in [5.41, 5.74) is 9.23. The summed E-state index contributed by atoms with van der Waals surface area (Å²) in [6.45, 7) is 4.65. The van der Waals surface area contributed by atoms with Gasteiger partial charge in [0.1, 0.15) is 5.82 Å². The maximum absolute atomic E-state index is 13.2. The van der Waals surface area contributed by atoms with Crippen molar-refractivity contribution >= 4 is 50.0 Å². The molecule has 1 unspecified atom stereocenters. The lowest BCUT2D eigenvalue weighted by Gasteiger charge is -2.38. The van der Waals surface area contributed by atoms with Crippen molar-refractivity contribution in [3.8, 4) is 0 Å². The van der Waals surface area contributed by atoms with Crippen molar-refractivity contribution in [3.05, 3.63) is 41.6 Å². The van der Waals surface area contributed by atoms with Crippen LogP contribution in [0.2, 0.25) is 0 Å². The fourth-order valence-electron chi connectivity index (χ4n) is 4.34. The number of amides is 2. The Morgan fingerprint density at radius 3 is 2.85 bits per heavy atom. The monoisotopic (exact) mass is 466 g/mol. The van der Waals surface area contributed by atoms with E-state index in [0.717, 1.165) is 39.3 Å². The first-order chi connectivity index (χ1) is 15.9. The molecule has 3 aromatic rings. The SMILES string of the molecule is CCc1cc(NC(=O)C(=O)N2C[C@@H](C)CCC2Cc2ccc3sc(NC)nc3c2)cnc1N. The van der Waals surface area contributed by atoms with Gasteiger partial charge in [-0.15, -0.1) is 0 Å². The van der Waals surface area contributed by atoms with Crippen molar-refractivity contribution < 1.29 is 9.59 Å². The highest BCUT2D eigenvalue weighted by molar-refractivity contribution is 7.22. The Bertz CT molecular complexity index is 1180. The standard InChI is InChI=1S/C24H30N6O2S/c1-4-16-11-17(12-27-21(16)25)28-22(31)23(32)30-13-14(2)5-7-18(30)9-15-6-8-20-19(10-15)29-24(26-3)33-20/h6,8,10-12,14,18H,4-5,7,9,13H2,1-3H3,(H2,25,27)(H,26,29)(H,28,31)/t14-,18?/m0/s1. The third-order valence-corrected chi connectivity index (χ3v) is 7.23. The van der Waals surface area contributed by atoms with Crippen LogP contribution in [-0.4, -0.2) is 46.3 Å². The molecule has 0 radical (unpaired) electrons. The van der Waals surface area contributed by atoms with Crippen molar-refractivity contribution in [1.82, 2.24) is 14.9 Å². The molecule has 2 aromatic heterocycles. The number of anilines is 3. The molecule has 33 heavy (non-hydrogen) atoms. The van der Waals surface area contributed by atoms with Crippen LogP contribution in [0.5, 0.6) is 0 Å². The number of rotatable bonds is 5. The van der Waals surface area contributed by atoms with Crippen molar-refractivity contribution in [2.75, 3.05) is 30.0 Å². The van der Waals surface area contributed by atoms with E-state index >= 15 is 0 Å². The topological polar surface area (TPSA) is 113 Å². The van der Waals surface area contributed by atoms with Crippen LogP contribution >= 0.6 is 11.3 Å². The molecule has 1 saturated heterocycles. The summed E-state index contributed by atoms with van der Waals surface area (Å²) in [6.07, 6.45) is 4.76. The van der Waals surface area contributed by atoms with Gasteiger partial charge in [-0.05, 0) is 60.9 Å². The maximum Gasteiger partial charge on any atom is 0.313 e. The number of hydrogen-bond acceptors (Lipinski definition) is 7. The molecule has 1 aliphatic heterocycles. The van der Waals surface area contributed by atoms with Gasteiger partial charge in [-0.3, -0.25) is 9.59 Å². The average molecular weight is 467 g/mol. The molecule has 2 atom stereocenters. The van der Waals surface area contributed by atoms with Gasteiger partial charge in [-0.2, -0.15) is 0 Å². The zero-order chi connectivity index (χ0) is 23.5. The van der Waals surface area contributed by atoms with E-state index in [1.165, 1.54) is 6.20 Å². The summed E-state index contributed by atoms with van der Waals surface area (Å²) in [4.78, 5) is 36.5. The highest BCUT2D eigenvalue weighted by Gasteiger charge is 2.33. The van der Waals surface area contributed by atoms with Gasteiger partial charge >= 0.3 is 11.8 Å². The van der Waals surface area contributed by atoms with Crippen molar-refractivity contribution in [2.45, 2.75) is 45.6 Å². The Kier molecular flexibility index (Phi) is 6.78. The molecule has 1 aliphatic rings. The second-order valence-electron chi connectivity index (χ2n) is 8.65. The van der Waals surface area contributed by atoms with Gasteiger partial charge in [0.05, 0.1) is 22.1 Å². The van der Waals surface area contributed by atoms with Gasteiger partial charge in [-0.1, -0.05) is 31.3 Å². The Balaban J connectivity index is 1.50. The smallest absolute Gasteiger partial charge is 0.313 e. The number of carbonyl (C=O) groups excluding carboxylic acids is 2. The molecule has 1 fully saturated rings. The largest absolute Gasteiger partial charge is 0.383 e. The molecule has 4 rings (SSSR count). The van der Waals surface area contributed by atoms with Crippen molar-refractivity contribution in [3.63, 3.8) is 0 Å². The van der Waals surface area contributed by atoms with Crippen LogP contribution < -0.4 is 16.4 Å². The van der Waals surface area contributed by atoms with E-state index < -0.39 is 11.8 Å². The van der Waals surface area contributed by atoms with E-state index in [1.807, 2.05) is 14.0 Å². The fourth-order valence-corrected chi connectivity index (χ4v) is 5.14. The van der Waals surface area contributed by atoms with E-state index in [1.54, 1.807) is 22.3 Å². The predicted molar refractivity (Wildman–Crippen MR) is 133 cm³/mol. The third-order valence-electron chi connectivity index (χ3n) is 6.17. The number of pyridine rings is 1. The normalized spacial score (nSPS) is 18.3. The van der Waals surface area contributed by atoms with E-state index in [4.69, 9.17) is 5.73 Å². The molecule has 174 valence electrons. The molecule has 4 N–H and O–H groups in total. The number of nitrogens with two attached hydrogens (primary N) is 1. The molecular weight excluding hydrogens is 436 g/mol. The number of likely N-dealkylation sites (tertiary alicyclic amines) is 1. The number of aryl methyl sites for hydroxylation is 1. The van der Waals surface area contributed by atoms with E-state index in [0.29, 0.717) is 36.8 Å². The minimum Gasteiger partial charge on any atom is -0.383 e. The van der Waals surface area contributed by atoms with Crippen LogP contribution in [0, 0.1) is 5.92 Å². The van der Waals surface area contributed by atoms with E-state index in [-0.39, 0.29) is 6.04 Å². The third kappa shape index (κ3) is 5.08. The number of benzene rings is 1. The molecule has 0 saturated carbocycles. The summed E-state index contributed by atoms with van der Waals surface area (Å²) in [7, 11) is 1.86. The number of thiazole rings is 1. The number of aromatic nitrogens is 2. The first kappa shape index (κ1) is 23.0. The maximum atomic E-state index is 13.2. The second kappa shape index (κ2) is 9.74. The molecule has 0 aliphatic carbocycles. The Hall–Kier alpha value is -3.20. The number of nitrogen functional groups attached to an aromatic ring is 1. The van der Waals surface area contributed by atoms with Crippen LogP contribution in [0.15, 0.2) is 30.5 Å². The lowest BCUT2D eigenvalue weighted by atomic mass is 9.90. The molecule has 2 amide bonds. The van der Waals surface area contributed by atoms with E-state index in [2.05, 4.69) is 45.7 Å². The van der Waals surface area contributed by atoms with Crippen LogP contribution in [0.1, 0.15) is 37.8 Å². The minimum absolute atomic E-state index is 0.0324. The fraction of sp³-hybridized carbons (Fsp3) is 0.417. The summed E-state index contributed by atoms with van der Waals surface area (Å²) in [6, 6.07) is 7.99. The Morgan fingerprint density at radius 2 is 2.09 bits per heavy atom. The summed E-state index contributed by atoms with van der Waals surface area (Å²) in [5.74, 6) is -0.363. The quantitative estimate of drug-likeness (QED) is 0.494. The van der Waals surface area contributed by atoms with Gasteiger partial charge in [0.2, 0.25) is 0 Å². The molecule has 0 spiro atoms. The lowest BCUT2D eigenvalue weighted by molar-refractivity contribution is -0.146. The summed E-state index contributed by atoms with van der Waals surface area (Å²) in [5, 5.41) is 6.68. The molecule has 8 nitrogen and oxygen atoms in total. The second-order valence-corrected chi connectivity index (χ2v) is 9.68. The van der Waals surface area contributed by atoms with Gasteiger partial charge < -0.3 is 21.3 Å². The number of nitrogens with one attached hydrogen (secondary N) is 2. The van der Waals surface area contributed by atoms with Crippen LogP contribution in [-0.2, 0) is 22.4 Å². The predicted octanol–water partition coefficient (Wildman–Crippen LogP) is 3.69. The Labute approximate surface area is 197 Å². The molecule has 3 heterocycles. The van der Waals surface area contributed by atoms with Gasteiger partial charge in [0.25, 0.3) is 0 Å². The zero-order valence-corrected chi connectivity index (χ0v) is 20.0. The number of hydrogen-bond donors (Lipinski definition) is 3. The van der Waals surface area contributed by atoms with Gasteiger partial charge in [0.15, 0.2) is 5.13 Å². The molecule has 0 bridgehead atoms. The first-order valence-electron chi connectivity index (χ1n) is 11.3. The minimum atomic E-state index is -0.642. The van der Waals surface area contributed by atoms with Crippen LogP contribution in [0.3, 0.4) is 0 Å². The number of nitrogens with zero attached hydrogens (tertiary/aromatic N) is 3. The van der Waals surface area contributed by atoms with Crippen LogP contribution in [0.4, 0.5) is 16.6 Å². The van der Waals surface area contributed by atoms with Crippen molar-refractivity contribution in [1.29, 1.82) is 0 Å². The number of carbonyl (C=O) groups is 2. The Morgan fingerprint density at radius 1 is 1.27 bits per heavy atom. The summed E-state index contributed by atoms with van der Waals surface area (Å²) >= 11 is 1.61. The highest BCUT2D eigenvalue weighted by atomic mass is 32.1. The van der Waals surface area contributed by atoms with Crippen molar-refractivity contribution in [2.24, 2.45) is 5.92 Å².